The van der Waals surface area contributed by atoms with Gasteiger partial charge >= 0.3 is 0 Å². The van der Waals surface area contributed by atoms with Gasteiger partial charge in [-0.1, -0.05) is 24.6 Å². The summed E-state index contributed by atoms with van der Waals surface area (Å²) in [4.78, 5) is 19.7. The molecule has 0 N–H and O–H groups in total. The van der Waals surface area contributed by atoms with Crippen LogP contribution in [0.15, 0.2) is 48.7 Å². The first-order valence-corrected chi connectivity index (χ1v) is 9.17. The molecule has 2 fully saturated rings. The molecular weight excluding hydrogens is 315 g/mol. The highest BCUT2D eigenvalue weighted by Crippen LogP contribution is 2.58. The Bertz CT molecular complexity index is 736. The number of nitrogens with zero attached hydrogens (tertiary/aromatic N) is 2. The van der Waals surface area contributed by atoms with E-state index in [1.54, 1.807) is 18.3 Å². The summed E-state index contributed by atoms with van der Waals surface area (Å²) in [5.41, 5.74) is 1.73. The maximum Gasteiger partial charge on any atom is 0.227 e. The lowest BCUT2D eigenvalue weighted by atomic mass is 9.99. The lowest BCUT2D eigenvalue weighted by Crippen LogP contribution is -2.37. The predicted molar refractivity (Wildman–Crippen MR) is 94.2 cm³/mol. The molecule has 1 aromatic carbocycles. The second-order valence-corrected chi connectivity index (χ2v) is 7.12. The number of halogens is 1. The molecule has 2 aliphatic carbocycles. The van der Waals surface area contributed by atoms with Crippen LogP contribution in [0.4, 0.5) is 4.39 Å². The van der Waals surface area contributed by atoms with Crippen molar-refractivity contribution in [3.63, 3.8) is 0 Å². The number of aromatic nitrogens is 1. The highest BCUT2D eigenvalue weighted by atomic mass is 19.1. The van der Waals surface area contributed by atoms with Gasteiger partial charge in [0.15, 0.2) is 0 Å². The van der Waals surface area contributed by atoms with E-state index in [9.17, 15) is 9.18 Å². The number of pyridine rings is 1. The van der Waals surface area contributed by atoms with Gasteiger partial charge in [-0.25, -0.2) is 4.39 Å². The summed E-state index contributed by atoms with van der Waals surface area (Å²) in [6.07, 6.45) is 5.37. The zero-order valence-electron chi connectivity index (χ0n) is 14.4. The summed E-state index contributed by atoms with van der Waals surface area (Å²) < 4.78 is 13.4. The standard InChI is InChI=1S/C21H23FN2O/c1-2-24(21(25)19-16-6-5-7-17(16)19)20(18-8-3-4-13-23-18)14-9-11-15(22)12-10-14/h3-4,8-13,16-17,19-20H,2,5-7H2,1H3/t16-,17-,20+/m1/s1. The summed E-state index contributed by atoms with van der Waals surface area (Å²) in [7, 11) is 0. The van der Waals surface area contributed by atoms with Gasteiger partial charge in [0.05, 0.1) is 11.7 Å². The van der Waals surface area contributed by atoms with Crippen molar-refractivity contribution in [3.8, 4) is 0 Å². The molecule has 0 bridgehead atoms. The molecule has 2 saturated carbocycles. The van der Waals surface area contributed by atoms with Gasteiger partial charge in [-0.2, -0.15) is 0 Å². The SMILES string of the molecule is CCN(C(=O)C1[C@@H]2CCC[C@@H]12)[C@@H](c1ccc(F)cc1)c1ccccn1. The quantitative estimate of drug-likeness (QED) is 0.818. The highest BCUT2D eigenvalue weighted by molar-refractivity contribution is 5.83. The average Bonchev–Trinajstić information content (AvgIpc) is 3.12. The van der Waals surface area contributed by atoms with Crippen molar-refractivity contribution in [2.45, 2.75) is 32.2 Å². The Kier molecular flexibility index (Phi) is 4.28. The molecule has 4 heteroatoms. The molecule has 1 heterocycles. The van der Waals surface area contributed by atoms with E-state index in [4.69, 9.17) is 0 Å². The molecule has 0 aliphatic heterocycles. The van der Waals surface area contributed by atoms with Gasteiger partial charge in [0.2, 0.25) is 5.91 Å². The number of amides is 1. The van der Waals surface area contributed by atoms with Crippen molar-refractivity contribution in [3.05, 3.63) is 65.7 Å². The van der Waals surface area contributed by atoms with E-state index in [1.165, 1.54) is 31.4 Å². The fourth-order valence-electron chi connectivity index (χ4n) is 4.54. The number of hydrogen-bond acceptors (Lipinski definition) is 2. The van der Waals surface area contributed by atoms with Gasteiger partial charge < -0.3 is 4.90 Å². The molecule has 3 nitrogen and oxygen atoms in total. The Morgan fingerprint density at radius 1 is 1.20 bits per heavy atom. The van der Waals surface area contributed by atoms with Crippen molar-refractivity contribution in [2.75, 3.05) is 6.54 Å². The molecule has 0 radical (unpaired) electrons. The van der Waals surface area contributed by atoms with E-state index < -0.39 is 0 Å². The minimum Gasteiger partial charge on any atom is -0.330 e. The smallest absolute Gasteiger partial charge is 0.227 e. The molecule has 25 heavy (non-hydrogen) atoms. The van der Waals surface area contributed by atoms with Crippen molar-refractivity contribution in [1.29, 1.82) is 0 Å². The number of carbonyl (C=O) groups excluding carboxylic acids is 1. The lowest BCUT2D eigenvalue weighted by molar-refractivity contribution is -0.135. The van der Waals surface area contributed by atoms with Gasteiger partial charge in [0, 0.05) is 18.7 Å². The zero-order chi connectivity index (χ0) is 17.4. The molecule has 1 amide bonds. The Balaban J connectivity index is 1.68. The van der Waals surface area contributed by atoms with Gasteiger partial charge in [-0.3, -0.25) is 9.78 Å². The van der Waals surface area contributed by atoms with Crippen LogP contribution in [-0.2, 0) is 4.79 Å². The first-order valence-electron chi connectivity index (χ1n) is 9.17. The third-order valence-corrected chi connectivity index (χ3v) is 5.78. The third-order valence-electron chi connectivity index (χ3n) is 5.78. The second kappa shape index (κ2) is 6.58. The lowest BCUT2D eigenvalue weighted by Gasteiger charge is -2.31. The zero-order valence-corrected chi connectivity index (χ0v) is 14.4. The minimum absolute atomic E-state index is 0.181. The minimum atomic E-state index is -0.269. The molecule has 2 aliphatic rings. The van der Waals surface area contributed by atoms with Crippen LogP contribution in [-0.4, -0.2) is 22.3 Å². The second-order valence-electron chi connectivity index (χ2n) is 7.12. The molecule has 1 aromatic heterocycles. The molecular formula is C21H23FN2O. The van der Waals surface area contributed by atoms with E-state index >= 15 is 0 Å². The van der Waals surface area contributed by atoms with Crippen molar-refractivity contribution >= 4 is 5.91 Å². The molecule has 0 unspecified atom stereocenters. The number of rotatable bonds is 5. The Labute approximate surface area is 147 Å². The van der Waals surface area contributed by atoms with Crippen molar-refractivity contribution in [1.82, 2.24) is 9.88 Å². The average molecular weight is 338 g/mol. The maximum absolute atomic E-state index is 13.4. The number of hydrogen-bond donors (Lipinski definition) is 0. The first-order chi connectivity index (χ1) is 12.2. The van der Waals surface area contributed by atoms with E-state index in [-0.39, 0.29) is 23.7 Å². The summed E-state index contributed by atoms with van der Waals surface area (Å²) in [5, 5.41) is 0. The van der Waals surface area contributed by atoms with Crippen molar-refractivity contribution in [2.24, 2.45) is 17.8 Å². The summed E-state index contributed by atoms with van der Waals surface area (Å²) in [6.45, 7) is 2.63. The largest absolute Gasteiger partial charge is 0.330 e. The van der Waals surface area contributed by atoms with Crippen molar-refractivity contribution < 1.29 is 9.18 Å². The van der Waals surface area contributed by atoms with Crippen LogP contribution in [0, 0.1) is 23.6 Å². The van der Waals surface area contributed by atoms with Gasteiger partial charge in [0.25, 0.3) is 0 Å². The van der Waals surface area contributed by atoms with E-state index in [0.29, 0.717) is 18.4 Å². The topological polar surface area (TPSA) is 33.2 Å². The number of carbonyl (C=O) groups is 1. The predicted octanol–water partition coefficient (Wildman–Crippen LogP) is 4.20. The Hall–Kier alpha value is -2.23. The van der Waals surface area contributed by atoms with Crippen LogP contribution < -0.4 is 0 Å². The molecule has 0 spiro atoms. The van der Waals surface area contributed by atoms with Crippen LogP contribution in [0.2, 0.25) is 0 Å². The molecule has 130 valence electrons. The summed E-state index contributed by atoms with van der Waals surface area (Å²) in [5.74, 6) is 1.31. The van der Waals surface area contributed by atoms with Gasteiger partial charge in [-0.05, 0) is 61.4 Å². The Morgan fingerprint density at radius 2 is 1.92 bits per heavy atom. The summed E-state index contributed by atoms with van der Waals surface area (Å²) in [6, 6.07) is 11.9. The summed E-state index contributed by atoms with van der Waals surface area (Å²) >= 11 is 0. The van der Waals surface area contributed by atoms with E-state index in [0.717, 1.165) is 11.3 Å². The molecule has 4 rings (SSSR count). The number of fused-ring (bicyclic) bond motifs is 1. The monoisotopic (exact) mass is 338 g/mol. The highest BCUT2D eigenvalue weighted by Gasteiger charge is 2.57. The number of benzene rings is 1. The van der Waals surface area contributed by atoms with E-state index in [1.807, 2.05) is 30.0 Å². The third kappa shape index (κ3) is 2.94. The fourth-order valence-corrected chi connectivity index (χ4v) is 4.54. The maximum atomic E-state index is 13.4. The van der Waals surface area contributed by atoms with Crippen LogP contribution in [0.1, 0.15) is 43.5 Å². The molecule has 0 saturated heterocycles. The van der Waals surface area contributed by atoms with Crippen LogP contribution in [0.3, 0.4) is 0 Å². The van der Waals surface area contributed by atoms with Crippen LogP contribution >= 0.6 is 0 Å². The van der Waals surface area contributed by atoms with Gasteiger partial charge in [0.1, 0.15) is 5.82 Å². The van der Waals surface area contributed by atoms with Crippen LogP contribution in [0.25, 0.3) is 0 Å². The van der Waals surface area contributed by atoms with Gasteiger partial charge in [-0.15, -0.1) is 0 Å². The van der Waals surface area contributed by atoms with E-state index in [2.05, 4.69) is 4.98 Å². The Morgan fingerprint density at radius 3 is 2.52 bits per heavy atom. The van der Waals surface area contributed by atoms with Crippen LogP contribution in [0.5, 0.6) is 0 Å². The molecule has 2 aromatic rings. The normalized spacial score (nSPS) is 25.3. The first kappa shape index (κ1) is 16.2. The fraction of sp³-hybridized carbons (Fsp3) is 0.429. The molecule has 3 atom stereocenters.